The van der Waals surface area contributed by atoms with Gasteiger partial charge in [0, 0.05) is 17.8 Å². The molecule has 34 heavy (non-hydrogen) atoms. The lowest BCUT2D eigenvalue weighted by Crippen LogP contribution is -2.23. The fraction of sp³-hybridized carbons (Fsp3) is 0.208. The van der Waals surface area contributed by atoms with Gasteiger partial charge in [0.2, 0.25) is 15.7 Å². The second-order valence-electron chi connectivity index (χ2n) is 7.28. The van der Waals surface area contributed by atoms with E-state index in [1.54, 1.807) is 36.4 Å². The zero-order chi connectivity index (χ0) is 24.1. The molecule has 1 heterocycles. The van der Waals surface area contributed by atoms with Crippen molar-refractivity contribution in [3.05, 3.63) is 60.7 Å². The van der Waals surface area contributed by atoms with Crippen LogP contribution in [0, 0.1) is 0 Å². The molecule has 178 valence electrons. The van der Waals surface area contributed by atoms with E-state index in [1.165, 1.54) is 38.5 Å². The van der Waals surface area contributed by atoms with Crippen LogP contribution in [0.2, 0.25) is 0 Å². The highest BCUT2D eigenvalue weighted by Crippen LogP contribution is 2.34. The van der Waals surface area contributed by atoms with E-state index >= 15 is 0 Å². The third-order valence-electron chi connectivity index (χ3n) is 5.11. The number of carbonyl (C=O) groups excluding carboxylic acids is 1. The second kappa shape index (κ2) is 9.92. The van der Waals surface area contributed by atoms with Crippen LogP contribution in [0.3, 0.4) is 0 Å². The molecule has 0 bridgehead atoms. The van der Waals surface area contributed by atoms with E-state index in [4.69, 9.17) is 18.9 Å². The summed E-state index contributed by atoms with van der Waals surface area (Å²) in [6.45, 7) is 0.776. The molecule has 0 saturated heterocycles. The molecule has 0 aromatic heterocycles. The highest BCUT2D eigenvalue weighted by atomic mass is 32.2. The number of carbonyl (C=O) groups is 1. The summed E-state index contributed by atoms with van der Waals surface area (Å²) < 4.78 is 48.1. The van der Waals surface area contributed by atoms with Gasteiger partial charge in [-0.1, -0.05) is 12.1 Å². The van der Waals surface area contributed by atoms with E-state index < -0.39 is 9.84 Å². The quantitative estimate of drug-likeness (QED) is 0.501. The van der Waals surface area contributed by atoms with E-state index in [2.05, 4.69) is 10.6 Å². The third kappa shape index (κ3) is 4.86. The molecule has 0 saturated carbocycles. The van der Waals surface area contributed by atoms with E-state index in [0.29, 0.717) is 47.6 Å². The molecule has 9 nitrogen and oxygen atoms in total. The Morgan fingerprint density at radius 3 is 2.41 bits per heavy atom. The van der Waals surface area contributed by atoms with Gasteiger partial charge < -0.3 is 29.6 Å². The number of amides is 1. The fourth-order valence-electron chi connectivity index (χ4n) is 3.46. The van der Waals surface area contributed by atoms with Crippen molar-refractivity contribution in [2.24, 2.45) is 0 Å². The lowest BCUT2D eigenvalue weighted by Gasteiger charge is -2.19. The van der Waals surface area contributed by atoms with Gasteiger partial charge in [-0.15, -0.1) is 0 Å². The Balaban J connectivity index is 1.50. The van der Waals surface area contributed by atoms with Gasteiger partial charge in [0.05, 0.1) is 36.2 Å². The first-order valence-electron chi connectivity index (χ1n) is 10.4. The van der Waals surface area contributed by atoms with Crippen LogP contribution >= 0.6 is 0 Å². The van der Waals surface area contributed by atoms with Crippen LogP contribution in [0.1, 0.15) is 0 Å². The normalized spacial score (nSPS) is 12.5. The molecule has 1 aliphatic rings. The summed E-state index contributed by atoms with van der Waals surface area (Å²) in [5.41, 5.74) is 0.844. The molecule has 0 atom stereocenters. The summed E-state index contributed by atoms with van der Waals surface area (Å²) in [4.78, 5) is 12.6. The Hall–Kier alpha value is -3.92. The number of methoxy groups -OCH3 is 2. The SMILES string of the molecule is COc1ccc(S(=O)(=O)c2ccccc2NCC(=O)Nc2ccc3c(c2)OCCO3)cc1OC. The number of nitrogens with one attached hydrogen (secondary N) is 2. The zero-order valence-corrected chi connectivity index (χ0v) is 19.5. The van der Waals surface area contributed by atoms with Gasteiger partial charge in [0.25, 0.3) is 0 Å². The van der Waals surface area contributed by atoms with E-state index in [9.17, 15) is 13.2 Å². The molecule has 4 rings (SSSR count). The van der Waals surface area contributed by atoms with Gasteiger partial charge in [-0.3, -0.25) is 4.79 Å². The predicted molar refractivity (Wildman–Crippen MR) is 126 cm³/mol. The molecular formula is C24H24N2O7S. The molecular weight excluding hydrogens is 460 g/mol. The molecule has 0 fully saturated rings. The van der Waals surface area contributed by atoms with Gasteiger partial charge in [-0.25, -0.2) is 8.42 Å². The van der Waals surface area contributed by atoms with Crippen molar-refractivity contribution < 1.29 is 32.2 Å². The topological polar surface area (TPSA) is 112 Å². The summed E-state index contributed by atoms with van der Waals surface area (Å²) >= 11 is 0. The molecule has 1 aliphatic heterocycles. The zero-order valence-electron chi connectivity index (χ0n) is 18.7. The van der Waals surface area contributed by atoms with Gasteiger partial charge in [0.1, 0.15) is 13.2 Å². The monoisotopic (exact) mass is 484 g/mol. The molecule has 0 aliphatic carbocycles. The average molecular weight is 485 g/mol. The Labute approximate surface area is 197 Å². The third-order valence-corrected chi connectivity index (χ3v) is 6.92. The smallest absolute Gasteiger partial charge is 0.243 e. The van der Waals surface area contributed by atoms with Crippen molar-refractivity contribution in [3.8, 4) is 23.0 Å². The highest BCUT2D eigenvalue weighted by Gasteiger charge is 2.23. The number of hydrogen-bond donors (Lipinski definition) is 2. The van der Waals surface area contributed by atoms with Crippen LogP contribution in [0.5, 0.6) is 23.0 Å². The Morgan fingerprint density at radius 2 is 1.65 bits per heavy atom. The molecule has 0 unspecified atom stereocenters. The number of hydrogen-bond acceptors (Lipinski definition) is 8. The largest absolute Gasteiger partial charge is 0.493 e. The van der Waals surface area contributed by atoms with Crippen LogP contribution < -0.4 is 29.6 Å². The minimum absolute atomic E-state index is 0.0364. The fourth-order valence-corrected chi connectivity index (χ4v) is 4.91. The summed E-state index contributed by atoms with van der Waals surface area (Å²) in [7, 11) is -0.996. The summed E-state index contributed by atoms with van der Waals surface area (Å²) in [5, 5.41) is 5.68. The number of benzene rings is 3. The number of para-hydroxylation sites is 1. The molecule has 2 N–H and O–H groups in total. The van der Waals surface area contributed by atoms with Crippen molar-refractivity contribution in [3.63, 3.8) is 0 Å². The van der Waals surface area contributed by atoms with Gasteiger partial charge >= 0.3 is 0 Å². The van der Waals surface area contributed by atoms with Crippen molar-refractivity contribution in [1.82, 2.24) is 0 Å². The highest BCUT2D eigenvalue weighted by molar-refractivity contribution is 7.91. The average Bonchev–Trinajstić information content (AvgIpc) is 2.87. The number of anilines is 2. The molecule has 10 heteroatoms. The van der Waals surface area contributed by atoms with Gasteiger partial charge in [-0.05, 0) is 36.4 Å². The first kappa shape index (κ1) is 23.2. The maximum Gasteiger partial charge on any atom is 0.243 e. The predicted octanol–water partition coefficient (Wildman–Crippen LogP) is 3.36. The maximum atomic E-state index is 13.3. The van der Waals surface area contributed by atoms with Crippen molar-refractivity contribution >= 4 is 27.1 Å². The van der Waals surface area contributed by atoms with Crippen molar-refractivity contribution in [1.29, 1.82) is 0 Å². The van der Waals surface area contributed by atoms with Crippen LogP contribution in [0.4, 0.5) is 11.4 Å². The minimum atomic E-state index is -3.90. The van der Waals surface area contributed by atoms with Crippen molar-refractivity contribution in [2.75, 3.05) is 44.6 Å². The van der Waals surface area contributed by atoms with Crippen LogP contribution in [0.15, 0.2) is 70.5 Å². The molecule has 3 aromatic carbocycles. The van der Waals surface area contributed by atoms with Crippen LogP contribution in [-0.2, 0) is 14.6 Å². The van der Waals surface area contributed by atoms with Crippen molar-refractivity contribution in [2.45, 2.75) is 9.79 Å². The lowest BCUT2D eigenvalue weighted by atomic mass is 10.2. The number of fused-ring (bicyclic) bond motifs is 1. The lowest BCUT2D eigenvalue weighted by molar-refractivity contribution is -0.114. The summed E-state index contributed by atoms with van der Waals surface area (Å²) in [6.07, 6.45) is 0. The van der Waals surface area contributed by atoms with E-state index in [-0.39, 0.29) is 22.2 Å². The van der Waals surface area contributed by atoms with E-state index in [1.807, 2.05) is 0 Å². The number of ether oxygens (including phenoxy) is 4. The Morgan fingerprint density at radius 1 is 0.912 bits per heavy atom. The number of rotatable bonds is 8. The second-order valence-corrected chi connectivity index (χ2v) is 9.19. The van der Waals surface area contributed by atoms with E-state index in [0.717, 1.165) is 0 Å². The molecule has 1 amide bonds. The van der Waals surface area contributed by atoms with Gasteiger partial charge in [0.15, 0.2) is 23.0 Å². The summed E-state index contributed by atoms with van der Waals surface area (Å²) in [5.74, 6) is 1.55. The van der Waals surface area contributed by atoms with Crippen LogP contribution in [-0.4, -0.2) is 48.3 Å². The Kier molecular flexibility index (Phi) is 6.78. The maximum absolute atomic E-state index is 13.3. The van der Waals surface area contributed by atoms with Crippen LogP contribution in [0.25, 0.3) is 0 Å². The standard InChI is InChI=1S/C24H24N2O7S/c1-30-19-10-8-17(14-21(19)31-2)34(28,29)23-6-4-3-5-18(23)25-15-24(27)26-16-7-9-20-22(13-16)33-12-11-32-20/h3-10,13-14,25H,11-12,15H2,1-2H3,(H,26,27). The molecule has 0 spiro atoms. The molecule has 0 radical (unpaired) electrons. The first-order valence-corrected chi connectivity index (χ1v) is 11.9. The first-order chi connectivity index (χ1) is 16.4. The minimum Gasteiger partial charge on any atom is -0.493 e. The summed E-state index contributed by atoms with van der Waals surface area (Å²) in [6, 6.07) is 15.9. The van der Waals surface area contributed by atoms with Gasteiger partial charge in [-0.2, -0.15) is 0 Å². The molecule has 3 aromatic rings. The number of sulfone groups is 1. The Bertz CT molecular complexity index is 1310.